The van der Waals surface area contributed by atoms with Crippen molar-refractivity contribution in [1.82, 2.24) is 0 Å². The molecule has 0 bridgehead atoms. The van der Waals surface area contributed by atoms with E-state index >= 15 is 0 Å². The summed E-state index contributed by atoms with van der Waals surface area (Å²) in [6.45, 7) is 4.54. The fourth-order valence-electron chi connectivity index (χ4n) is 3.17. The summed E-state index contributed by atoms with van der Waals surface area (Å²) in [6.07, 6.45) is 2.14. The highest BCUT2D eigenvalue weighted by Gasteiger charge is 2.35. The van der Waals surface area contributed by atoms with Gasteiger partial charge in [0.1, 0.15) is 12.0 Å². The number of aromatic hydroxyl groups is 2. The van der Waals surface area contributed by atoms with Crippen molar-refractivity contribution in [3.05, 3.63) is 52.6 Å². The maximum Gasteiger partial charge on any atom is 0.198 e. The Kier molecular flexibility index (Phi) is 5.46. The van der Waals surface area contributed by atoms with Crippen LogP contribution in [0.4, 0.5) is 5.69 Å². The van der Waals surface area contributed by atoms with Gasteiger partial charge in [-0.3, -0.25) is 9.59 Å². The molecule has 6 nitrogen and oxygen atoms in total. The van der Waals surface area contributed by atoms with Gasteiger partial charge >= 0.3 is 0 Å². The number of phenols is 2. The van der Waals surface area contributed by atoms with Gasteiger partial charge in [-0.15, -0.1) is 0 Å². The molecule has 1 atom stereocenters. The molecule has 1 aliphatic carbocycles. The van der Waals surface area contributed by atoms with Crippen LogP contribution < -0.4 is 5.32 Å². The van der Waals surface area contributed by atoms with Crippen molar-refractivity contribution in [2.75, 3.05) is 11.9 Å². The van der Waals surface area contributed by atoms with Crippen LogP contribution in [-0.4, -0.2) is 34.6 Å². The van der Waals surface area contributed by atoms with E-state index in [-0.39, 0.29) is 45.7 Å². The van der Waals surface area contributed by atoms with Crippen molar-refractivity contribution >= 4 is 17.3 Å². The second-order valence-corrected chi connectivity index (χ2v) is 6.51. The first kappa shape index (κ1) is 18.9. The lowest BCUT2D eigenvalue weighted by Crippen LogP contribution is -2.25. The Labute approximate surface area is 157 Å². The Bertz CT molecular complexity index is 890. The molecule has 1 unspecified atom stereocenters. The number of phenolic OH excluding ortho intramolecular Hbond substituents is 2. The predicted molar refractivity (Wildman–Crippen MR) is 102 cm³/mol. The molecule has 1 aliphatic rings. The van der Waals surface area contributed by atoms with Crippen LogP contribution in [0.3, 0.4) is 0 Å². The van der Waals surface area contributed by atoms with E-state index in [0.717, 1.165) is 12.8 Å². The quantitative estimate of drug-likeness (QED) is 0.253. The molecule has 6 heteroatoms. The second kappa shape index (κ2) is 7.80. The average molecular weight is 369 g/mol. The number of unbranched alkanes of at least 4 members (excludes halogenated alkanes) is 1. The van der Waals surface area contributed by atoms with Gasteiger partial charge in [-0.2, -0.15) is 0 Å². The number of benzene rings is 2. The monoisotopic (exact) mass is 369 g/mol. The highest BCUT2D eigenvalue weighted by Crippen LogP contribution is 2.42. The van der Waals surface area contributed by atoms with E-state index in [1.807, 2.05) is 6.92 Å². The molecule has 3 rings (SSSR count). The van der Waals surface area contributed by atoms with Crippen LogP contribution in [0.5, 0.6) is 11.5 Å². The number of carbonyl (C=O) groups is 2. The van der Waals surface area contributed by atoms with E-state index in [2.05, 4.69) is 12.2 Å². The molecule has 0 aliphatic heterocycles. The minimum absolute atomic E-state index is 0.162. The Morgan fingerprint density at radius 3 is 2.26 bits per heavy atom. The van der Waals surface area contributed by atoms with E-state index in [9.17, 15) is 19.8 Å². The first-order chi connectivity index (χ1) is 13.0. The molecule has 3 N–H and O–H groups in total. The van der Waals surface area contributed by atoms with Crippen molar-refractivity contribution in [2.45, 2.75) is 39.3 Å². The van der Waals surface area contributed by atoms with Crippen LogP contribution >= 0.6 is 0 Å². The number of ketones is 2. The Hall–Kier alpha value is -2.86. The molecule has 27 heavy (non-hydrogen) atoms. The molecule has 0 aromatic heterocycles. The SMILES string of the molecule is CCCCOC(CC)Nc1cc(O)c2c(c1O)C(=O)c1ccccc1C2=O. The van der Waals surface area contributed by atoms with Gasteiger partial charge in [-0.1, -0.05) is 44.5 Å². The lowest BCUT2D eigenvalue weighted by atomic mass is 9.82. The standard InChI is InChI=1S/C21H23NO5/c1-3-5-10-27-16(4-2)22-14-11-15(23)17-18(21(14)26)20(25)13-9-7-6-8-12(13)19(17)24/h6-9,11,16,22-23,26H,3-5,10H2,1-2H3. The number of anilines is 1. The summed E-state index contributed by atoms with van der Waals surface area (Å²) in [5, 5.41) is 24.1. The highest BCUT2D eigenvalue weighted by molar-refractivity contribution is 6.30. The molecule has 0 fully saturated rings. The third kappa shape index (κ3) is 3.40. The zero-order chi connectivity index (χ0) is 19.6. The van der Waals surface area contributed by atoms with Gasteiger partial charge in [0, 0.05) is 23.8 Å². The normalized spacial score (nSPS) is 13.9. The summed E-state index contributed by atoms with van der Waals surface area (Å²) in [4.78, 5) is 25.6. The number of ether oxygens (including phenoxy) is 1. The van der Waals surface area contributed by atoms with Gasteiger partial charge in [0.2, 0.25) is 0 Å². The minimum Gasteiger partial charge on any atom is -0.507 e. The first-order valence-corrected chi connectivity index (χ1v) is 9.15. The number of fused-ring (bicyclic) bond motifs is 2. The van der Waals surface area contributed by atoms with Gasteiger partial charge in [0.15, 0.2) is 17.3 Å². The molecule has 0 heterocycles. The van der Waals surface area contributed by atoms with Gasteiger partial charge in [0.05, 0.1) is 16.8 Å². The first-order valence-electron chi connectivity index (χ1n) is 9.15. The number of rotatable bonds is 7. The fraction of sp³-hybridized carbons (Fsp3) is 0.333. The predicted octanol–water partition coefficient (Wildman–Crippen LogP) is 3.84. The largest absolute Gasteiger partial charge is 0.507 e. The van der Waals surface area contributed by atoms with Crippen LogP contribution in [0.2, 0.25) is 0 Å². The molecule has 0 spiro atoms. The maximum absolute atomic E-state index is 12.9. The molecule has 2 aromatic rings. The summed E-state index contributed by atoms with van der Waals surface area (Å²) in [5.41, 5.74) is 0.259. The fourth-order valence-corrected chi connectivity index (χ4v) is 3.17. The number of carbonyl (C=O) groups excluding carboxylic acids is 2. The number of nitrogens with one attached hydrogen (secondary N) is 1. The molecular formula is C21H23NO5. The van der Waals surface area contributed by atoms with Crippen LogP contribution in [0.15, 0.2) is 30.3 Å². The molecule has 2 aromatic carbocycles. The zero-order valence-electron chi connectivity index (χ0n) is 15.4. The van der Waals surface area contributed by atoms with Crippen LogP contribution in [-0.2, 0) is 4.74 Å². The van der Waals surface area contributed by atoms with Crippen LogP contribution in [0, 0.1) is 0 Å². The summed E-state index contributed by atoms with van der Waals surface area (Å²) >= 11 is 0. The van der Waals surface area contributed by atoms with E-state index in [0.29, 0.717) is 13.0 Å². The maximum atomic E-state index is 12.9. The van der Waals surface area contributed by atoms with Crippen molar-refractivity contribution in [3.63, 3.8) is 0 Å². The zero-order valence-corrected chi connectivity index (χ0v) is 15.4. The van der Waals surface area contributed by atoms with E-state index in [1.54, 1.807) is 12.1 Å². The van der Waals surface area contributed by atoms with Crippen molar-refractivity contribution in [3.8, 4) is 11.5 Å². The summed E-state index contributed by atoms with van der Waals surface area (Å²) in [5.74, 6) is -1.67. The lowest BCUT2D eigenvalue weighted by Gasteiger charge is -2.24. The Morgan fingerprint density at radius 1 is 1.04 bits per heavy atom. The van der Waals surface area contributed by atoms with Crippen molar-refractivity contribution in [2.24, 2.45) is 0 Å². The van der Waals surface area contributed by atoms with Crippen molar-refractivity contribution in [1.29, 1.82) is 0 Å². The molecular weight excluding hydrogens is 346 g/mol. The topological polar surface area (TPSA) is 95.9 Å². The molecule has 0 saturated heterocycles. The lowest BCUT2D eigenvalue weighted by molar-refractivity contribution is 0.0675. The van der Waals surface area contributed by atoms with Gasteiger partial charge < -0.3 is 20.3 Å². The van der Waals surface area contributed by atoms with Crippen LogP contribution in [0.1, 0.15) is 65.0 Å². The third-order valence-corrected chi connectivity index (χ3v) is 4.65. The second-order valence-electron chi connectivity index (χ2n) is 6.51. The van der Waals surface area contributed by atoms with Crippen molar-refractivity contribution < 1.29 is 24.5 Å². The Morgan fingerprint density at radius 2 is 1.67 bits per heavy atom. The van der Waals surface area contributed by atoms with Gasteiger partial charge in [0.25, 0.3) is 0 Å². The Balaban J connectivity index is 2.00. The summed E-state index contributed by atoms with van der Waals surface area (Å²) < 4.78 is 5.72. The van der Waals surface area contributed by atoms with E-state index in [4.69, 9.17) is 4.74 Å². The summed E-state index contributed by atoms with van der Waals surface area (Å²) in [7, 11) is 0. The number of hydrogen-bond donors (Lipinski definition) is 3. The van der Waals surface area contributed by atoms with Gasteiger partial charge in [-0.05, 0) is 12.8 Å². The third-order valence-electron chi connectivity index (χ3n) is 4.65. The molecule has 142 valence electrons. The molecule has 0 radical (unpaired) electrons. The molecule has 0 amide bonds. The highest BCUT2D eigenvalue weighted by atomic mass is 16.5. The van der Waals surface area contributed by atoms with Gasteiger partial charge in [-0.25, -0.2) is 0 Å². The molecule has 0 saturated carbocycles. The van der Waals surface area contributed by atoms with E-state index in [1.165, 1.54) is 18.2 Å². The minimum atomic E-state index is -0.489. The number of hydrogen-bond acceptors (Lipinski definition) is 6. The average Bonchev–Trinajstić information content (AvgIpc) is 2.67. The smallest absolute Gasteiger partial charge is 0.198 e. The van der Waals surface area contributed by atoms with E-state index < -0.39 is 11.6 Å². The van der Waals surface area contributed by atoms with Crippen LogP contribution in [0.25, 0.3) is 0 Å². The summed E-state index contributed by atoms with van der Waals surface area (Å²) in [6, 6.07) is 7.65.